The molecule has 3 aliphatic rings. The molecule has 1 spiro atoms. The minimum atomic E-state index is -0.719. The van der Waals surface area contributed by atoms with E-state index in [-0.39, 0.29) is 24.5 Å². The van der Waals surface area contributed by atoms with E-state index in [0.29, 0.717) is 24.9 Å². The third-order valence-electron chi connectivity index (χ3n) is 6.73. The highest BCUT2D eigenvalue weighted by Gasteiger charge is 2.67. The van der Waals surface area contributed by atoms with Crippen molar-refractivity contribution in [1.82, 2.24) is 20.0 Å². The van der Waals surface area contributed by atoms with Gasteiger partial charge in [-0.1, -0.05) is 30.4 Å². The molecule has 2 bridgehead atoms. The number of rotatable bonds is 5. The fraction of sp³-hybridized carbons (Fsp3) is 0.478. The second-order valence-corrected chi connectivity index (χ2v) is 8.92. The number of carbonyl (C=O) groups excluding carboxylic acids is 2. The highest BCUT2D eigenvalue weighted by molar-refractivity contribution is 5.93. The van der Waals surface area contributed by atoms with Crippen LogP contribution in [0.25, 0.3) is 0 Å². The second-order valence-electron chi connectivity index (χ2n) is 8.92. The normalized spacial score (nSPS) is 28.5. The van der Waals surface area contributed by atoms with Gasteiger partial charge in [-0.05, 0) is 30.5 Å². The number of hydrogen-bond acceptors (Lipinski definition) is 6. The molecule has 162 valence electrons. The molecule has 2 saturated heterocycles. The van der Waals surface area contributed by atoms with E-state index in [1.807, 2.05) is 17.1 Å². The van der Waals surface area contributed by atoms with Gasteiger partial charge >= 0.3 is 0 Å². The van der Waals surface area contributed by atoms with Gasteiger partial charge in [-0.2, -0.15) is 0 Å². The molecule has 0 aliphatic carbocycles. The van der Waals surface area contributed by atoms with Crippen LogP contribution < -0.4 is 0 Å². The molecule has 3 aliphatic heterocycles. The standard InChI is InChI=1S/C23H26N4O4/c1-13-5-6-16(9-14(13)2)10-27-12-23-8-7-17(31-23)19(20(23)22(27)29)21(28)26(4)11-18-25-24-15(3)30-18/h5-9,17,19-20H,10-12H2,1-4H3/t17-,19?,20?,23-/m1/s1. The van der Waals surface area contributed by atoms with Crippen molar-refractivity contribution in [3.63, 3.8) is 0 Å². The van der Waals surface area contributed by atoms with Gasteiger partial charge in [0.2, 0.25) is 23.6 Å². The maximum absolute atomic E-state index is 13.4. The van der Waals surface area contributed by atoms with Crippen molar-refractivity contribution in [1.29, 1.82) is 0 Å². The molecule has 1 aromatic heterocycles. The van der Waals surface area contributed by atoms with Crippen molar-refractivity contribution < 1.29 is 18.7 Å². The Bertz CT molecular complexity index is 1090. The van der Waals surface area contributed by atoms with Crippen LogP contribution in [-0.2, 0) is 27.4 Å². The summed E-state index contributed by atoms with van der Waals surface area (Å²) in [5.74, 6) is -0.389. The van der Waals surface area contributed by atoms with Gasteiger partial charge in [-0.25, -0.2) is 0 Å². The van der Waals surface area contributed by atoms with Crippen molar-refractivity contribution in [2.45, 2.75) is 45.6 Å². The Morgan fingerprint density at radius 3 is 2.77 bits per heavy atom. The molecule has 2 fully saturated rings. The molecule has 8 nitrogen and oxygen atoms in total. The number of aromatic nitrogens is 2. The molecular weight excluding hydrogens is 396 g/mol. The van der Waals surface area contributed by atoms with Crippen molar-refractivity contribution in [2.24, 2.45) is 11.8 Å². The molecule has 2 amide bonds. The highest BCUT2D eigenvalue weighted by atomic mass is 16.5. The second kappa shape index (κ2) is 7.02. The van der Waals surface area contributed by atoms with Crippen molar-refractivity contribution in [2.75, 3.05) is 13.6 Å². The largest absolute Gasteiger partial charge is 0.424 e. The predicted octanol–water partition coefficient (Wildman–Crippen LogP) is 1.94. The molecule has 31 heavy (non-hydrogen) atoms. The predicted molar refractivity (Wildman–Crippen MR) is 111 cm³/mol. The monoisotopic (exact) mass is 422 g/mol. The van der Waals surface area contributed by atoms with E-state index in [2.05, 4.69) is 42.2 Å². The molecule has 0 saturated carbocycles. The zero-order chi connectivity index (χ0) is 21.9. The molecule has 4 heterocycles. The van der Waals surface area contributed by atoms with Crippen LogP contribution >= 0.6 is 0 Å². The van der Waals surface area contributed by atoms with Crippen molar-refractivity contribution in [3.8, 4) is 0 Å². The number of ether oxygens (including phenoxy) is 1. The van der Waals surface area contributed by atoms with Crippen LogP contribution in [0, 0.1) is 32.6 Å². The average Bonchev–Trinajstić information content (AvgIpc) is 3.46. The Morgan fingerprint density at radius 2 is 2.06 bits per heavy atom. The van der Waals surface area contributed by atoms with Gasteiger partial charge in [0.15, 0.2) is 0 Å². The first-order valence-corrected chi connectivity index (χ1v) is 10.5. The van der Waals surface area contributed by atoms with E-state index < -0.39 is 17.4 Å². The summed E-state index contributed by atoms with van der Waals surface area (Å²) in [4.78, 5) is 30.1. The van der Waals surface area contributed by atoms with Crippen LogP contribution in [0.3, 0.4) is 0 Å². The first-order chi connectivity index (χ1) is 14.8. The van der Waals surface area contributed by atoms with Crippen LogP contribution in [0.1, 0.15) is 28.5 Å². The summed E-state index contributed by atoms with van der Waals surface area (Å²) in [5.41, 5.74) is 2.79. The third kappa shape index (κ3) is 3.17. The summed E-state index contributed by atoms with van der Waals surface area (Å²) in [6, 6.07) is 6.25. The van der Waals surface area contributed by atoms with Crippen LogP contribution in [0.15, 0.2) is 34.8 Å². The summed E-state index contributed by atoms with van der Waals surface area (Å²) in [6.45, 7) is 7.03. The molecule has 2 aromatic rings. The van der Waals surface area contributed by atoms with Gasteiger partial charge < -0.3 is 19.0 Å². The van der Waals surface area contributed by atoms with Gasteiger partial charge in [0.25, 0.3) is 0 Å². The number of likely N-dealkylation sites (tertiary alicyclic amines) is 1. The Balaban J connectivity index is 1.35. The molecule has 5 rings (SSSR count). The van der Waals surface area contributed by atoms with E-state index in [0.717, 1.165) is 5.56 Å². The van der Waals surface area contributed by atoms with Gasteiger partial charge in [0.1, 0.15) is 5.60 Å². The molecular formula is C23H26N4O4. The van der Waals surface area contributed by atoms with Gasteiger partial charge in [-0.3, -0.25) is 9.59 Å². The summed E-state index contributed by atoms with van der Waals surface area (Å²) < 4.78 is 11.6. The lowest BCUT2D eigenvalue weighted by Crippen LogP contribution is -2.44. The number of aryl methyl sites for hydroxylation is 3. The fourth-order valence-corrected chi connectivity index (χ4v) is 5.05. The molecule has 0 N–H and O–H groups in total. The summed E-state index contributed by atoms with van der Waals surface area (Å²) in [6.07, 6.45) is 3.53. The van der Waals surface area contributed by atoms with Crippen molar-refractivity contribution >= 4 is 11.8 Å². The van der Waals surface area contributed by atoms with E-state index >= 15 is 0 Å². The molecule has 4 atom stereocenters. The first kappa shape index (κ1) is 19.9. The number of amides is 2. The summed E-state index contributed by atoms with van der Waals surface area (Å²) in [5, 5.41) is 7.77. The van der Waals surface area contributed by atoms with Gasteiger partial charge in [0.05, 0.1) is 31.0 Å². The molecule has 2 unspecified atom stereocenters. The Morgan fingerprint density at radius 1 is 1.26 bits per heavy atom. The van der Waals surface area contributed by atoms with Crippen LogP contribution in [0.5, 0.6) is 0 Å². The number of hydrogen-bond donors (Lipinski definition) is 0. The fourth-order valence-electron chi connectivity index (χ4n) is 5.05. The lowest BCUT2D eigenvalue weighted by atomic mass is 9.76. The Kier molecular flexibility index (Phi) is 4.51. The minimum absolute atomic E-state index is 0.0227. The average molecular weight is 422 g/mol. The zero-order valence-corrected chi connectivity index (χ0v) is 18.2. The van der Waals surface area contributed by atoms with Crippen LogP contribution in [-0.4, -0.2) is 57.1 Å². The SMILES string of the molecule is Cc1nnc(CN(C)C(=O)C2C3C(=O)N(Cc4ccc(C)c(C)c4)C[C@]34C=C[C@H]2O4)o1. The van der Waals surface area contributed by atoms with E-state index in [1.165, 1.54) is 11.1 Å². The summed E-state index contributed by atoms with van der Waals surface area (Å²) in [7, 11) is 1.69. The topological polar surface area (TPSA) is 88.8 Å². The lowest BCUT2D eigenvalue weighted by molar-refractivity contribution is -0.143. The van der Waals surface area contributed by atoms with Gasteiger partial charge in [-0.15, -0.1) is 10.2 Å². The molecule has 0 radical (unpaired) electrons. The number of fused-ring (bicyclic) bond motifs is 1. The van der Waals surface area contributed by atoms with Crippen molar-refractivity contribution in [3.05, 3.63) is 58.8 Å². The maximum atomic E-state index is 13.4. The number of nitrogens with zero attached hydrogens (tertiary/aromatic N) is 4. The Hall–Kier alpha value is -3.00. The molecule has 8 heteroatoms. The van der Waals surface area contributed by atoms with Gasteiger partial charge in [0, 0.05) is 20.5 Å². The quantitative estimate of drug-likeness (QED) is 0.684. The number of carbonyl (C=O) groups is 2. The van der Waals surface area contributed by atoms with Crippen LogP contribution in [0.2, 0.25) is 0 Å². The van der Waals surface area contributed by atoms with E-state index in [1.54, 1.807) is 18.9 Å². The lowest BCUT2D eigenvalue weighted by Gasteiger charge is -2.27. The third-order valence-corrected chi connectivity index (χ3v) is 6.73. The number of benzene rings is 1. The first-order valence-electron chi connectivity index (χ1n) is 10.5. The highest BCUT2D eigenvalue weighted by Crippen LogP contribution is 2.52. The summed E-state index contributed by atoms with van der Waals surface area (Å²) >= 11 is 0. The molecule has 1 aromatic carbocycles. The van der Waals surface area contributed by atoms with E-state index in [4.69, 9.17) is 9.15 Å². The van der Waals surface area contributed by atoms with Crippen LogP contribution in [0.4, 0.5) is 0 Å². The minimum Gasteiger partial charge on any atom is -0.424 e. The maximum Gasteiger partial charge on any atom is 0.235 e. The zero-order valence-electron chi connectivity index (χ0n) is 18.2. The van der Waals surface area contributed by atoms with E-state index in [9.17, 15) is 9.59 Å². The smallest absolute Gasteiger partial charge is 0.235 e. The Labute approximate surface area is 180 Å².